The van der Waals surface area contributed by atoms with Crippen LogP contribution in [0.15, 0.2) is 0 Å². The first-order chi connectivity index (χ1) is 2.91. The Bertz CT molecular complexity index is 26.5. The van der Waals surface area contributed by atoms with Crippen molar-refractivity contribution in [1.29, 1.82) is 0 Å². The maximum absolute atomic E-state index is 2.23. The van der Waals surface area contributed by atoms with Crippen LogP contribution in [0.25, 0.3) is 0 Å². The minimum absolute atomic E-state index is 0. The summed E-state index contributed by atoms with van der Waals surface area (Å²) in [4.78, 5) is 0. The Hall–Kier alpha value is 1.96. The van der Waals surface area contributed by atoms with Gasteiger partial charge in [-0.25, -0.2) is 0 Å². The van der Waals surface area contributed by atoms with Crippen molar-refractivity contribution in [2.45, 2.75) is 39.5 Å². The van der Waals surface area contributed by atoms with Crippen LogP contribution >= 0.6 is 49.6 Å². The van der Waals surface area contributed by atoms with Gasteiger partial charge in [-0.2, -0.15) is 0 Å². The van der Waals surface area contributed by atoms with Gasteiger partial charge in [0.15, 0.2) is 0 Å². The van der Waals surface area contributed by atoms with Crippen LogP contribution in [0.5, 0.6) is 0 Å². The van der Waals surface area contributed by atoms with E-state index in [0.717, 1.165) is 0 Å². The summed E-state index contributed by atoms with van der Waals surface area (Å²) in [5.41, 5.74) is 0. The van der Waals surface area contributed by atoms with Crippen molar-refractivity contribution in [3.63, 3.8) is 0 Å². The molecule has 0 unspecified atom stereocenters. The topological polar surface area (TPSA) is 0 Å². The van der Waals surface area contributed by atoms with Gasteiger partial charge in [0.05, 0.1) is 0 Å². The summed E-state index contributed by atoms with van der Waals surface area (Å²) in [7, 11) is 0. The molecule has 0 heterocycles. The molecule has 2 radical (unpaired) electrons. The summed E-state index contributed by atoms with van der Waals surface area (Å²) < 4.78 is 0. The van der Waals surface area contributed by atoms with Crippen LogP contribution in [-0.4, -0.2) is 23.9 Å². The Morgan fingerprint density at radius 2 is 0.818 bits per heavy atom. The van der Waals surface area contributed by atoms with Crippen molar-refractivity contribution < 1.29 is 0 Å². The molecule has 0 nitrogen and oxygen atoms in total. The quantitative estimate of drug-likeness (QED) is 0.540. The third-order valence-electron chi connectivity index (χ3n) is 0.957. The second-order valence-electron chi connectivity index (χ2n) is 1.71. The van der Waals surface area contributed by atoms with Crippen molar-refractivity contribution >= 4 is 73.5 Å². The van der Waals surface area contributed by atoms with Gasteiger partial charge in [-0.1, -0.05) is 39.5 Å². The van der Waals surface area contributed by atoms with Gasteiger partial charge >= 0.3 is 23.9 Å². The van der Waals surface area contributed by atoms with Crippen molar-refractivity contribution in [3.05, 3.63) is 0 Å². The third-order valence-corrected chi connectivity index (χ3v) is 0.957. The molecule has 0 aliphatic rings. The molecule has 0 spiro atoms. The van der Waals surface area contributed by atoms with Gasteiger partial charge < -0.3 is 0 Å². The van der Waals surface area contributed by atoms with E-state index >= 15 is 0 Å². The van der Waals surface area contributed by atoms with Gasteiger partial charge in [0.2, 0.25) is 0 Å². The van der Waals surface area contributed by atoms with Crippen LogP contribution in [-0.2, 0) is 0 Å². The second kappa shape index (κ2) is 40.4. The van der Waals surface area contributed by atoms with Crippen molar-refractivity contribution in [3.8, 4) is 0 Å². The molecule has 11 heavy (non-hydrogen) atoms. The Balaban J connectivity index is -0.0000000125. The molecule has 0 saturated heterocycles. The van der Waals surface area contributed by atoms with E-state index in [0.29, 0.717) is 0 Å². The van der Waals surface area contributed by atoms with E-state index in [1.165, 1.54) is 25.7 Å². The number of halogens is 4. The van der Waals surface area contributed by atoms with Crippen molar-refractivity contribution in [2.75, 3.05) is 0 Å². The van der Waals surface area contributed by atoms with E-state index in [4.69, 9.17) is 0 Å². The van der Waals surface area contributed by atoms with Gasteiger partial charge in [0, 0.05) is 0 Å². The van der Waals surface area contributed by atoms with Gasteiger partial charge in [0.25, 0.3) is 0 Å². The molecule has 0 bridgehead atoms. The number of rotatable bonds is 3. The molecule has 0 aromatic heterocycles. The van der Waals surface area contributed by atoms with E-state index in [9.17, 15) is 0 Å². The average molecular weight is 353 g/mol. The summed E-state index contributed by atoms with van der Waals surface area (Å²) in [6.45, 7) is 4.46. The van der Waals surface area contributed by atoms with Crippen molar-refractivity contribution in [1.82, 2.24) is 0 Å². The van der Waals surface area contributed by atoms with Gasteiger partial charge in [-0.3, -0.25) is 0 Å². The predicted molar refractivity (Wildman–Crippen MR) is 67.4 cm³/mol. The molecular formula is C6H20Cl4Sn. The Kier molecular flexibility index (Phi) is 141. The van der Waals surface area contributed by atoms with E-state index in [1.807, 2.05) is 0 Å². The zero-order valence-corrected chi connectivity index (χ0v) is 14.5. The maximum atomic E-state index is 2.23. The number of hydrogen-bond donors (Lipinski definition) is 0. The summed E-state index contributed by atoms with van der Waals surface area (Å²) in [5.74, 6) is 0. The van der Waals surface area contributed by atoms with Crippen LogP contribution in [0, 0.1) is 0 Å². The first kappa shape index (κ1) is 38.3. The number of hydrogen-bond acceptors (Lipinski definition) is 0. The van der Waals surface area contributed by atoms with Gasteiger partial charge in [-0.05, 0) is 0 Å². The van der Waals surface area contributed by atoms with Crippen LogP contribution in [0.1, 0.15) is 39.5 Å². The molecule has 76 valence electrons. The molecule has 0 rings (SSSR count). The first-order valence-corrected chi connectivity index (χ1v) is 2.91. The molecule has 0 aromatic rings. The number of unbranched alkanes of at least 4 members (excludes halogenated alkanes) is 3. The molecule has 0 aliphatic heterocycles. The summed E-state index contributed by atoms with van der Waals surface area (Å²) >= 11 is 0. The molecule has 0 aliphatic carbocycles. The fourth-order valence-electron chi connectivity index (χ4n) is 0.500. The van der Waals surface area contributed by atoms with Crippen molar-refractivity contribution in [2.24, 2.45) is 0 Å². The van der Waals surface area contributed by atoms with Crippen LogP contribution in [0.4, 0.5) is 0 Å². The molecule has 0 N–H and O–H groups in total. The zero-order valence-electron chi connectivity index (χ0n) is 7.17. The van der Waals surface area contributed by atoms with E-state index in [-0.39, 0.29) is 73.5 Å². The van der Waals surface area contributed by atoms with E-state index in [1.54, 1.807) is 0 Å². The summed E-state index contributed by atoms with van der Waals surface area (Å²) in [5, 5.41) is 0. The van der Waals surface area contributed by atoms with Gasteiger partial charge in [-0.15, -0.1) is 49.6 Å². The fraction of sp³-hybridized carbons (Fsp3) is 1.00. The van der Waals surface area contributed by atoms with Crippen LogP contribution in [0.3, 0.4) is 0 Å². The summed E-state index contributed by atoms with van der Waals surface area (Å²) in [6.07, 6.45) is 5.54. The molecule has 0 atom stereocenters. The molecular weight excluding hydrogens is 333 g/mol. The molecule has 0 fully saturated rings. The monoisotopic (exact) mass is 352 g/mol. The first-order valence-electron chi connectivity index (χ1n) is 2.91. The molecule has 0 aromatic carbocycles. The van der Waals surface area contributed by atoms with Gasteiger partial charge in [0.1, 0.15) is 0 Å². The van der Waals surface area contributed by atoms with Crippen LogP contribution in [0.2, 0.25) is 0 Å². The van der Waals surface area contributed by atoms with E-state index in [2.05, 4.69) is 13.8 Å². The average Bonchev–Trinajstić information content (AvgIpc) is 1.61. The SMILES string of the molecule is CCCCCC.Cl.Cl.Cl.Cl.[SnH2]. The predicted octanol–water partition coefficient (Wildman–Crippen LogP) is 3.36. The summed E-state index contributed by atoms with van der Waals surface area (Å²) in [6, 6.07) is 0. The standard InChI is InChI=1S/C6H14.4ClH.Sn.2H/c1-3-5-6-4-2;;;;;;;/h3-6H2,1-2H3;4*1H;;;. The Morgan fingerprint density at radius 3 is 0.909 bits per heavy atom. The normalized spacial score (nSPS) is 4.91. The van der Waals surface area contributed by atoms with E-state index < -0.39 is 0 Å². The zero-order chi connectivity index (χ0) is 4.83. The minimum atomic E-state index is 0. The Morgan fingerprint density at radius 1 is 0.636 bits per heavy atom. The molecule has 0 amide bonds. The second-order valence-corrected chi connectivity index (χ2v) is 1.71. The Labute approximate surface area is 112 Å². The third kappa shape index (κ3) is 48.2. The fourth-order valence-corrected chi connectivity index (χ4v) is 0.500. The molecule has 5 heteroatoms. The van der Waals surface area contributed by atoms with Crippen LogP contribution < -0.4 is 0 Å². The molecule has 0 saturated carbocycles.